The minimum Gasteiger partial charge on any atom is -0.330 e. The first-order valence-electron chi connectivity index (χ1n) is 4.23. The molecular formula is C7H19NO3P+. The highest BCUT2D eigenvalue weighted by Gasteiger charge is 2.25. The molecule has 0 aliphatic rings. The molecule has 4 nitrogen and oxygen atoms in total. The van der Waals surface area contributed by atoms with Crippen molar-refractivity contribution in [3.63, 3.8) is 0 Å². The van der Waals surface area contributed by atoms with E-state index in [1.807, 2.05) is 0 Å². The molecule has 0 aromatic rings. The summed E-state index contributed by atoms with van der Waals surface area (Å²) in [6, 6.07) is 0. The van der Waals surface area contributed by atoms with Crippen LogP contribution in [-0.4, -0.2) is 29.6 Å². The Hall–Kier alpha value is 0.270. The lowest BCUT2D eigenvalue weighted by Gasteiger charge is -2.05. The molecule has 0 amide bonds. The summed E-state index contributed by atoms with van der Waals surface area (Å²) in [6.45, 7) is 2.47. The smallest absolute Gasteiger partial charge is 0.330 e. The van der Waals surface area contributed by atoms with Crippen molar-refractivity contribution in [2.45, 2.75) is 25.7 Å². The van der Waals surface area contributed by atoms with Gasteiger partial charge in [-0.15, -0.1) is 0 Å². The normalized spacial score (nSPS) is 12.0. The van der Waals surface area contributed by atoms with Gasteiger partial charge in [0.1, 0.15) is 6.66 Å². The van der Waals surface area contributed by atoms with Crippen LogP contribution in [0.3, 0.4) is 0 Å². The molecule has 0 saturated heterocycles. The van der Waals surface area contributed by atoms with Gasteiger partial charge in [0, 0.05) is 0 Å². The minimum atomic E-state index is -3.00. The van der Waals surface area contributed by atoms with Crippen molar-refractivity contribution in [3.05, 3.63) is 0 Å². The molecule has 0 aliphatic heterocycles. The van der Waals surface area contributed by atoms with Crippen LogP contribution in [0.1, 0.15) is 25.7 Å². The summed E-state index contributed by atoms with van der Waals surface area (Å²) in [4.78, 5) is 17.7. The first-order chi connectivity index (χ1) is 5.56. The van der Waals surface area contributed by atoms with Crippen LogP contribution >= 0.6 is 7.94 Å². The third-order valence-corrected chi connectivity index (χ3v) is 2.11. The van der Waals surface area contributed by atoms with Gasteiger partial charge in [-0.05, 0) is 19.4 Å². The zero-order valence-electron chi connectivity index (χ0n) is 7.57. The number of unbranched alkanes of at least 4 members (excludes halogenated alkanes) is 3. The predicted molar refractivity (Wildman–Crippen MR) is 50.8 cm³/mol. The Morgan fingerprint density at radius 3 is 2.25 bits per heavy atom. The molecule has 0 aliphatic carbocycles. The first kappa shape index (κ1) is 12.3. The fourth-order valence-electron chi connectivity index (χ4n) is 0.837. The van der Waals surface area contributed by atoms with Crippen molar-refractivity contribution < 1.29 is 14.3 Å². The van der Waals surface area contributed by atoms with Gasteiger partial charge in [0.2, 0.25) is 0 Å². The summed E-state index contributed by atoms with van der Waals surface area (Å²) in [7, 11) is -3.00. The Bertz CT molecular complexity index is 105. The van der Waals surface area contributed by atoms with Crippen LogP contribution in [0.2, 0.25) is 0 Å². The molecule has 12 heavy (non-hydrogen) atoms. The van der Waals surface area contributed by atoms with Crippen LogP contribution in [-0.2, 0) is 4.52 Å². The van der Waals surface area contributed by atoms with E-state index in [1.165, 1.54) is 6.66 Å². The average Bonchev–Trinajstić information content (AvgIpc) is 1.94. The summed E-state index contributed by atoms with van der Waals surface area (Å²) in [5.41, 5.74) is 5.31. The number of rotatable bonds is 7. The third kappa shape index (κ3) is 10.3. The summed E-state index contributed by atoms with van der Waals surface area (Å²) in [5, 5.41) is 0. The highest BCUT2D eigenvalue weighted by molar-refractivity contribution is 7.58. The van der Waals surface area contributed by atoms with Crippen LogP contribution in [0.4, 0.5) is 0 Å². The average molecular weight is 196 g/mol. The summed E-state index contributed by atoms with van der Waals surface area (Å²) in [5.74, 6) is 0. The zero-order valence-corrected chi connectivity index (χ0v) is 8.46. The Labute approximate surface area is 74.3 Å². The van der Waals surface area contributed by atoms with E-state index in [4.69, 9.17) is 20.0 Å². The van der Waals surface area contributed by atoms with Crippen molar-refractivity contribution in [2.75, 3.05) is 19.8 Å². The molecule has 74 valence electrons. The van der Waals surface area contributed by atoms with E-state index in [1.54, 1.807) is 0 Å². The van der Waals surface area contributed by atoms with Gasteiger partial charge in [0.25, 0.3) is 0 Å². The highest BCUT2D eigenvalue weighted by Crippen LogP contribution is 2.46. The lowest BCUT2D eigenvalue weighted by Crippen LogP contribution is -1.99. The van der Waals surface area contributed by atoms with E-state index >= 15 is 0 Å². The van der Waals surface area contributed by atoms with Crippen LogP contribution in [0.5, 0.6) is 0 Å². The molecular weight excluding hydrogens is 177 g/mol. The molecule has 0 radical (unpaired) electrons. The van der Waals surface area contributed by atoms with Crippen molar-refractivity contribution >= 4 is 7.94 Å². The first-order valence-corrected chi connectivity index (χ1v) is 6.29. The molecule has 0 rings (SSSR count). The molecule has 0 aromatic heterocycles. The van der Waals surface area contributed by atoms with Crippen molar-refractivity contribution in [3.8, 4) is 0 Å². The molecule has 0 unspecified atom stereocenters. The summed E-state index contributed by atoms with van der Waals surface area (Å²) < 4.78 is 4.80. The Morgan fingerprint density at radius 2 is 1.75 bits per heavy atom. The van der Waals surface area contributed by atoms with Gasteiger partial charge in [-0.2, -0.15) is 14.3 Å². The topological polar surface area (TPSA) is 75.7 Å². The standard InChI is InChI=1S/C7H19NO3P/c1-12(9,10)11-7-5-3-2-4-6-8/h9-10H,2-8H2,1H3/q+1. The van der Waals surface area contributed by atoms with E-state index in [2.05, 4.69) is 0 Å². The summed E-state index contributed by atoms with van der Waals surface area (Å²) >= 11 is 0. The predicted octanol–water partition coefficient (Wildman–Crippen LogP) is 0.899. The van der Waals surface area contributed by atoms with Gasteiger partial charge < -0.3 is 5.73 Å². The molecule has 0 bridgehead atoms. The molecule has 0 aromatic carbocycles. The molecule has 0 saturated carbocycles. The second-order valence-corrected chi connectivity index (χ2v) is 4.80. The lowest BCUT2D eigenvalue weighted by atomic mass is 10.2. The number of nitrogens with two attached hydrogens (primary N) is 1. The summed E-state index contributed by atoms with van der Waals surface area (Å²) in [6.07, 6.45) is 4.03. The molecule has 0 fully saturated rings. The quantitative estimate of drug-likeness (QED) is 0.417. The van der Waals surface area contributed by atoms with Crippen LogP contribution in [0.25, 0.3) is 0 Å². The van der Waals surface area contributed by atoms with Crippen LogP contribution < -0.4 is 5.73 Å². The van der Waals surface area contributed by atoms with Crippen molar-refractivity contribution in [1.29, 1.82) is 0 Å². The fraction of sp³-hybridized carbons (Fsp3) is 1.00. The van der Waals surface area contributed by atoms with E-state index in [0.717, 1.165) is 32.2 Å². The van der Waals surface area contributed by atoms with Gasteiger partial charge in [-0.1, -0.05) is 12.8 Å². The maximum absolute atomic E-state index is 8.84. The van der Waals surface area contributed by atoms with Gasteiger partial charge >= 0.3 is 7.94 Å². The van der Waals surface area contributed by atoms with Gasteiger partial charge in [0.15, 0.2) is 0 Å². The fourth-order valence-corrected chi connectivity index (χ4v) is 1.31. The molecule has 0 heterocycles. The van der Waals surface area contributed by atoms with E-state index in [0.29, 0.717) is 6.61 Å². The molecule has 5 heteroatoms. The van der Waals surface area contributed by atoms with Crippen LogP contribution in [0, 0.1) is 0 Å². The van der Waals surface area contributed by atoms with E-state index in [-0.39, 0.29) is 0 Å². The number of hydrogen-bond acceptors (Lipinski definition) is 4. The highest BCUT2D eigenvalue weighted by atomic mass is 31.2. The van der Waals surface area contributed by atoms with E-state index < -0.39 is 7.94 Å². The van der Waals surface area contributed by atoms with E-state index in [9.17, 15) is 0 Å². The largest absolute Gasteiger partial charge is 0.403 e. The second kappa shape index (κ2) is 6.75. The minimum absolute atomic E-state index is 0.432. The number of hydrogen-bond donors (Lipinski definition) is 3. The Morgan fingerprint density at radius 1 is 1.17 bits per heavy atom. The molecule has 4 N–H and O–H groups in total. The Kier molecular flexibility index (Phi) is 6.90. The maximum Gasteiger partial charge on any atom is 0.403 e. The maximum atomic E-state index is 8.84. The van der Waals surface area contributed by atoms with Crippen molar-refractivity contribution in [2.24, 2.45) is 5.73 Å². The lowest BCUT2D eigenvalue weighted by molar-refractivity contribution is 0.229. The molecule has 0 atom stereocenters. The monoisotopic (exact) mass is 196 g/mol. The van der Waals surface area contributed by atoms with Gasteiger partial charge in [-0.3, -0.25) is 0 Å². The second-order valence-electron chi connectivity index (χ2n) is 2.87. The van der Waals surface area contributed by atoms with Crippen LogP contribution in [0.15, 0.2) is 0 Å². The van der Waals surface area contributed by atoms with Gasteiger partial charge in [0.05, 0.1) is 6.61 Å². The molecule has 0 spiro atoms. The third-order valence-electron chi connectivity index (χ3n) is 1.43. The van der Waals surface area contributed by atoms with Crippen molar-refractivity contribution in [1.82, 2.24) is 0 Å². The zero-order chi connectivity index (χ0) is 9.45. The SMILES string of the molecule is C[P+](O)(O)OCCCCCCN. The Balaban J connectivity index is 3.01. The van der Waals surface area contributed by atoms with Gasteiger partial charge in [-0.25, -0.2) is 0 Å².